The summed E-state index contributed by atoms with van der Waals surface area (Å²) in [6, 6.07) is 16.8. The normalized spacial score (nSPS) is 11.9. The molecule has 0 bridgehead atoms. The molecule has 0 aliphatic heterocycles. The van der Waals surface area contributed by atoms with Crippen LogP contribution < -0.4 is 10.1 Å². The minimum atomic E-state index is 0.282. The predicted molar refractivity (Wildman–Crippen MR) is 88.4 cm³/mol. The number of hydrogen-bond acceptors (Lipinski definition) is 2. The van der Waals surface area contributed by atoms with Crippen LogP contribution >= 0.6 is 15.9 Å². The summed E-state index contributed by atoms with van der Waals surface area (Å²) in [6.45, 7) is 4.86. The molecular weight excluding hydrogens is 314 g/mol. The van der Waals surface area contributed by atoms with Crippen LogP contribution in [0.2, 0.25) is 0 Å². The second-order valence-electron chi connectivity index (χ2n) is 4.59. The molecular formula is C17H20BrNO. The highest BCUT2D eigenvalue weighted by Crippen LogP contribution is 2.30. The maximum Gasteiger partial charge on any atom is 0.142 e. The van der Waals surface area contributed by atoms with Crippen molar-refractivity contribution in [2.75, 3.05) is 11.9 Å². The van der Waals surface area contributed by atoms with E-state index in [0.29, 0.717) is 6.61 Å². The van der Waals surface area contributed by atoms with Gasteiger partial charge in [0.1, 0.15) is 5.75 Å². The predicted octanol–water partition coefficient (Wildman–Crippen LogP) is 5.41. The topological polar surface area (TPSA) is 21.3 Å². The monoisotopic (exact) mass is 333 g/mol. The first kappa shape index (κ1) is 14.9. The minimum Gasteiger partial charge on any atom is -0.492 e. The second-order valence-corrected chi connectivity index (χ2v) is 5.50. The molecule has 2 rings (SSSR count). The van der Waals surface area contributed by atoms with Gasteiger partial charge in [-0.3, -0.25) is 0 Å². The van der Waals surface area contributed by atoms with Gasteiger partial charge in [0.2, 0.25) is 0 Å². The van der Waals surface area contributed by atoms with Crippen molar-refractivity contribution in [2.45, 2.75) is 26.3 Å². The van der Waals surface area contributed by atoms with Crippen molar-refractivity contribution in [3.8, 4) is 5.75 Å². The smallest absolute Gasteiger partial charge is 0.142 e. The lowest BCUT2D eigenvalue weighted by Gasteiger charge is -2.21. The average Bonchev–Trinajstić information content (AvgIpc) is 2.48. The molecule has 0 heterocycles. The third kappa shape index (κ3) is 3.76. The van der Waals surface area contributed by atoms with Gasteiger partial charge in [-0.2, -0.15) is 0 Å². The van der Waals surface area contributed by atoms with Crippen LogP contribution in [-0.4, -0.2) is 6.61 Å². The van der Waals surface area contributed by atoms with E-state index in [1.54, 1.807) is 0 Å². The molecule has 1 atom stereocenters. The van der Waals surface area contributed by atoms with Gasteiger partial charge in [-0.15, -0.1) is 0 Å². The van der Waals surface area contributed by atoms with Crippen LogP contribution in [0.3, 0.4) is 0 Å². The fourth-order valence-corrected chi connectivity index (χ4v) is 2.44. The van der Waals surface area contributed by atoms with E-state index in [1.807, 2.05) is 25.1 Å². The zero-order valence-corrected chi connectivity index (χ0v) is 13.5. The van der Waals surface area contributed by atoms with Gasteiger partial charge in [0.15, 0.2) is 0 Å². The molecule has 0 spiro atoms. The van der Waals surface area contributed by atoms with Crippen LogP contribution in [0.1, 0.15) is 31.9 Å². The minimum absolute atomic E-state index is 0.282. The van der Waals surface area contributed by atoms with Crippen molar-refractivity contribution in [1.29, 1.82) is 0 Å². The number of hydrogen-bond donors (Lipinski definition) is 1. The maximum atomic E-state index is 5.67. The molecule has 1 N–H and O–H groups in total. The fourth-order valence-electron chi connectivity index (χ4n) is 2.17. The Bertz CT molecular complexity index is 539. The summed E-state index contributed by atoms with van der Waals surface area (Å²) < 4.78 is 6.77. The molecule has 1 unspecified atom stereocenters. The molecule has 0 aliphatic rings. The Hall–Kier alpha value is -1.48. The summed E-state index contributed by atoms with van der Waals surface area (Å²) in [7, 11) is 0. The van der Waals surface area contributed by atoms with E-state index in [9.17, 15) is 0 Å². The number of benzene rings is 2. The van der Waals surface area contributed by atoms with Gasteiger partial charge in [-0.25, -0.2) is 0 Å². The standard InChI is InChI=1S/C17H20BrNO/c1-3-15(13-9-11-14(18)12-10-13)19-16-7-5-6-8-17(16)20-4-2/h5-12,15,19H,3-4H2,1-2H3. The third-order valence-electron chi connectivity index (χ3n) is 3.20. The van der Waals surface area contributed by atoms with Crippen molar-refractivity contribution >= 4 is 21.6 Å². The molecule has 0 saturated heterocycles. The zero-order chi connectivity index (χ0) is 14.4. The van der Waals surface area contributed by atoms with E-state index in [1.165, 1.54) is 5.56 Å². The molecule has 20 heavy (non-hydrogen) atoms. The molecule has 0 amide bonds. The van der Waals surface area contributed by atoms with Crippen molar-refractivity contribution in [1.82, 2.24) is 0 Å². The number of nitrogens with one attached hydrogen (secondary N) is 1. The Morgan fingerprint density at radius 2 is 1.75 bits per heavy atom. The summed E-state index contributed by atoms with van der Waals surface area (Å²) in [6.07, 6.45) is 1.02. The molecule has 2 aromatic carbocycles. The van der Waals surface area contributed by atoms with Crippen LogP contribution in [0.4, 0.5) is 5.69 Å². The van der Waals surface area contributed by atoms with Crippen molar-refractivity contribution < 1.29 is 4.74 Å². The maximum absolute atomic E-state index is 5.67. The van der Waals surface area contributed by atoms with E-state index in [-0.39, 0.29) is 6.04 Å². The summed E-state index contributed by atoms with van der Waals surface area (Å²) in [5.41, 5.74) is 2.33. The van der Waals surface area contributed by atoms with E-state index >= 15 is 0 Å². The summed E-state index contributed by atoms with van der Waals surface area (Å²) >= 11 is 3.48. The van der Waals surface area contributed by atoms with Gasteiger partial charge in [0.05, 0.1) is 18.3 Å². The van der Waals surface area contributed by atoms with Gasteiger partial charge in [0.25, 0.3) is 0 Å². The quantitative estimate of drug-likeness (QED) is 0.762. The SMILES string of the molecule is CCOc1ccccc1NC(CC)c1ccc(Br)cc1. The van der Waals surface area contributed by atoms with Crippen LogP contribution in [0, 0.1) is 0 Å². The molecule has 0 fully saturated rings. The van der Waals surface area contributed by atoms with Crippen molar-refractivity contribution in [2.24, 2.45) is 0 Å². The van der Waals surface area contributed by atoms with E-state index in [4.69, 9.17) is 4.74 Å². The Labute approximate surface area is 129 Å². The highest BCUT2D eigenvalue weighted by Gasteiger charge is 2.11. The summed E-state index contributed by atoms with van der Waals surface area (Å²) in [4.78, 5) is 0. The van der Waals surface area contributed by atoms with Crippen LogP contribution in [0.5, 0.6) is 5.75 Å². The van der Waals surface area contributed by atoms with Crippen molar-refractivity contribution in [3.63, 3.8) is 0 Å². The number of anilines is 1. The van der Waals surface area contributed by atoms with E-state index in [0.717, 1.165) is 22.3 Å². The van der Waals surface area contributed by atoms with Gasteiger partial charge in [0, 0.05) is 4.47 Å². The van der Waals surface area contributed by atoms with Gasteiger partial charge in [-0.1, -0.05) is 47.1 Å². The summed E-state index contributed by atoms with van der Waals surface area (Å²) in [5, 5.41) is 3.58. The Kier molecular flexibility index (Phi) is 5.48. The first-order valence-electron chi connectivity index (χ1n) is 6.98. The van der Waals surface area contributed by atoms with Crippen LogP contribution in [0.15, 0.2) is 53.0 Å². The largest absolute Gasteiger partial charge is 0.492 e. The molecule has 3 heteroatoms. The Morgan fingerprint density at radius 3 is 2.40 bits per heavy atom. The van der Waals surface area contributed by atoms with E-state index in [2.05, 4.69) is 58.5 Å². The lowest BCUT2D eigenvalue weighted by molar-refractivity contribution is 0.341. The lowest BCUT2D eigenvalue weighted by Crippen LogP contribution is -2.10. The van der Waals surface area contributed by atoms with Crippen molar-refractivity contribution in [3.05, 3.63) is 58.6 Å². The van der Waals surface area contributed by atoms with Gasteiger partial charge >= 0.3 is 0 Å². The number of rotatable bonds is 6. The number of para-hydroxylation sites is 2. The third-order valence-corrected chi connectivity index (χ3v) is 3.73. The molecule has 0 saturated carbocycles. The van der Waals surface area contributed by atoms with Gasteiger partial charge in [-0.05, 0) is 43.2 Å². The highest BCUT2D eigenvalue weighted by molar-refractivity contribution is 9.10. The van der Waals surface area contributed by atoms with E-state index < -0.39 is 0 Å². The van der Waals surface area contributed by atoms with Crippen LogP contribution in [-0.2, 0) is 0 Å². The average molecular weight is 334 g/mol. The Balaban J connectivity index is 2.20. The molecule has 106 valence electrons. The Morgan fingerprint density at radius 1 is 1.05 bits per heavy atom. The molecule has 2 nitrogen and oxygen atoms in total. The number of halogens is 1. The zero-order valence-electron chi connectivity index (χ0n) is 11.9. The first-order chi connectivity index (χ1) is 9.74. The molecule has 0 radical (unpaired) electrons. The molecule has 0 aliphatic carbocycles. The van der Waals surface area contributed by atoms with Crippen LogP contribution in [0.25, 0.3) is 0 Å². The van der Waals surface area contributed by atoms with Gasteiger partial charge < -0.3 is 10.1 Å². The molecule has 0 aromatic heterocycles. The second kappa shape index (κ2) is 7.34. The lowest BCUT2D eigenvalue weighted by atomic mass is 10.0. The first-order valence-corrected chi connectivity index (χ1v) is 7.77. The highest BCUT2D eigenvalue weighted by atomic mass is 79.9. The molecule has 2 aromatic rings. The number of ether oxygens (including phenoxy) is 1. The fraction of sp³-hybridized carbons (Fsp3) is 0.294. The summed E-state index contributed by atoms with van der Waals surface area (Å²) in [5.74, 6) is 0.908.